The fourth-order valence-electron chi connectivity index (χ4n) is 3.18. The van der Waals surface area contributed by atoms with Crippen LogP contribution in [-0.2, 0) is 16.1 Å². The zero-order chi connectivity index (χ0) is 21.0. The molecule has 1 unspecified atom stereocenters. The Morgan fingerprint density at radius 2 is 1.47 bits per heavy atom. The Morgan fingerprint density at radius 3 is 2.10 bits per heavy atom. The predicted octanol–water partition coefficient (Wildman–Crippen LogP) is 5.52. The average molecular weight is 405 g/mol. The fourth-order valence-corrected chi connectivity index (χ4v) is 3.18. The average Bonchev–Trinajstić information content (AvgIpc) is 2.79. The number of benzene rings is 3. The van der Waals surface area contributed by atoms with Crippen molar-refractivity contribution in [3.8, 4) is 0 Å². The number of carbonyl (C=O) groups excluding carboxylic acids is 1. The molecule has 0 heterocycles. The molecule has 3 rings (SSSR count). The quantitative estimate of drug-likeness (QED) is 0.437. The first-order valence-electron chi connectivity index (χ1n) is 10.2. The topological polar surface area (TPSA) is 59.6 Å². The van der Waals surface area contributed by atoms with Crippen LogP contribution in [0, 0.1) is 0 Å². The number of hydrogen-bond donors (Lipinski definition) is 2. The first-order chi connectivity index (χ1) is 14.7. The summed E-state index contributed by atoms with van der Waals surface area (Å²) >= 11 is 0. The molecule has 3 aromatic rings. The van der Waals surface area contributed by atoms with Gasteiger partial charge in [-0.25, -0.2) is 4.79 Å². The monoisotopic (exact) mass is 404 g/mol. The number of rotatable bonds is 10. The zero-order valence-electron chi connectivity index (χ0n) is 17.2. The van der Waals surface area contributed by atoms with Gasteiger partial charge in [0.25, 0.3) is 0 Å². The number of anilines is 1. The van der Waals surface area contributed by atoms with E-state index in [1.165, 1.54) is 0 Å². The lowest BCUT2D eigenvalue weighted by Crippen LogP contribution is -2.39. The fraction of sp³-hybridized carbons (Fsp3) is 0.240. The van der Waals surface area contributed by atoms with Gasteiger partial charge in [0.2, 0.25) is 0 Å². The molecule has 3 aromatic carbocycles. The lowest BCUT2D eigenvalue weighted by Gasteiger charge is -2.26. The summed E-state index contributed by atoms with van der Waals surface area (Å²) in [6, 6.07) is 29.7. The van der Waals surface area contributed by atoms with Gasteiger partial charge in [0, 0.05) is 18.7 Å². The molecular weight excluding hydrogens is 376 g/mol. The van der Waals surface area contributed by atoms with Crippen molar-refractivity contribution in [2.24, 2.45) is 0 Å². The summed E-state index contributed by atoms with van der Waals surface area (Å²) in [6.45, 7) is 2.61. The molecule has 0 saturated heterocycles. The first-order valence-corrected chi connectivity index (χ1v) is 10.2. The lowest BCUT2D eigenvalue weighted by atomic mass is 10.0. The summed E-state index contributed by atoms with van der Waals surface area (Å²) in [5.74, 6) is 0. The van der Waals surface area contributed by atoms with E-state index in [9.17, 15) is 4.79 Å². The Morgan fingerprint density at radius 1 is 0.867 bits per heavy atom. The van der Waals surface area contributed by atoms with Crippen LogP contribution in [0.3, 0.4) is 0 Å². The molecule has 0 bridgehead atoms. The highest BCUT2D eigenvalue weighted by Gasteiger charge is 2.21. The third-order valence-electron chi connectivity index (χ3n) is 4.63. The summed E-state index contributed by atoms with van der Waals surface area (Å²) in [7, 11) is 0. The molecule has 0 fully saturated rings. The number of hydrogen-bond acceptors (Lipinski definition) is 4. The van der Waals surface area contributed by atoms with Crippen molar-refractivity contribution in [2.75, 3.05) is 11.9 Å². The third kappa shape index (κ3) is 6.94. The largest absolute Gasteiger partial charge is 0.445 e. The predicted molar refractivity (Wildman–Crippen MR) is 119 cm³/mol. The number of carbonyl (C=O) groups is 1. The summed E-state index contributed by atoms with van der Waals surface area (Å²) in [4.78, 5) is 12.3. The second kappa shape index (κ2) is 11.6. The smallest absolute Gasteiger partial charge is 0.409 e. The Bertz CT molecular complexity index is 873. The van der Waals surface area contributed by atoms with Gasteiger partial charge in [0.1, 0.15) is 12.8 Å². The maximum Gasteiger partial charge on any atom is 0.409 e. The van der Waals surface area contributed by atoms with Crippen LogP contribution in [-0.4, -0.2) is 18.9 Å². The van der Waals surface area contributed by atoms with Gasteiger partial charge in [-0.15, -0.1) is 0 Å². The number of nitrogens with one attached hydrogen (secondary N) is 2. The minimum atomic E-state index is -0.496. The van der Waals surface area contributed by atoms with Gasteiger partial charge in [0.15, 0.2) is 0 Å². The minimum absolute atomic E-state index is 0.0421. The van der Waals surface area contributed by atoms with E-state index in [2.05, 4.69) is 22.8 Å². The van der Waals surface area contributed by atoms with E-state index >= 15 is 0 Å². The Labute approximate surface area is 178 Å². The normalized spacial score (nSPS) is 12.6. The van der Waals surface area contributed by atoms with Crippen LogP contribution < -0.4 is 10.6 Å². The molecule has 156 valence electrons. The van der Waals surface area contributed by atoms with Gasteiger partial charge in [-0.3, -0.25) is 5.32 Å². The Balaban J connectivity index is 1.65. The second-order valence-electron chi connectivity index (χ2n) is 6.86. The molecule has 30 heavy (non-hydrogen) atoms. The van der Waals surface area contributed by atoms with Crippen molar-refractivity contribution in [1.82, 2.24) is 5.32 Å². The maximum absolute atomic E-state index is 12.3. The molecule has 0 aliphatic carbocycles. The SMILES string of the molecule is CCOC(C[C@H](Nc1ccccc1)c1ccccc1)NC(=O)OCc1ccccc1. The third-order valence-corrected chi connectivity index (χ3v) is 4.63. The van der Waals surface area contributed by atoms with Crippen LogP contribution in [0.2, 0.25) is 0 Å². The van der Waals surface area contributed by atoms with E-state index < -0.39 is 12.3 Å². The molecule has 5 heteroatoms. The van der Waals surface area contributed by atoms with Crippen molar-refractivity contribution in [1.29, 1.82) is 0 Å². The summed E-state index contributed by atoms with van der Waals surface area (Å²) in [5, 5.41) is 6.39. The molecular formula is C25H28N2O3. The van der Waals surface area contributed by atoms with Crippen molar-refractivity contribution >= 4 is 11.8 Å². The number of para-hydroxylation sites is 1. The van der Waals surface area contributed by atoms with Gasteiger partial charge >= 0.3 is 6.09 Å². The van der Waals surface area contributed by atoms with Crippen LogP contribution >= 0.6 is 0 Å². The van der Waals surface area contributed by atoms with Gasteiger partial charge in [-0.2, -0.15) is 0 Å². The van der Waals surface area contributed by atoms with Crippen molar-refractivity contribution in [2.45, 2.75) is 32.2 Å². The highest BCUT2D eigenvalue weighted by molar-refractivity contribution is 5.67. The molecule has 0 aromatic heterocycles. The van der Waals surface area contributed by atoms with E-state index in [1.54, 1.807) is 0 Å². The van der Waals surface area contributed by atoms with Gasteiger partial charge in [-0.05, 0) is 30.2 Å². The zero-order valence-corrected chi connectivity index (χ0v) is 17.2. The minimum Gasteiger partial charge on any atom is -0.445 e. The first kappa shape index (κ1) is 21.4. The number of ether oxygens (including phenoxy) is 2. The molecule has 2 N–H and O–H groups in total. The Kier molecular flexibility index (Phi) is 8.30. The van der Waals surface area contributed by atoms with E-state index in [-0.39, 0.29) is 12.6 Å². The van der Waals surface area contributed by atoms with Gasteiger partial charge in [0.05, 0.1) is 6.04 Å². The molecule has 2 atom stereocenters. The second-order valence-corrected chi connectivity index (χ2v) is 6.86. The number of amides is 1. The van der Waals surface area contributed by atoms with E-state index in [4.69, 9.17) is 9.47 Å². The summed E-state index contributed by atoms with van der Waals surface area (Å²) in [6.07, 6.45) is -0.434. The molecule has 1 amide bonds. The van der Waals surface area contributed by atoms with Crippen LogP contribution in [0.25, 0.3) is 0 Å². The van der Waals surface area contributed by atoms with Crippen LogP contribution in [0.15, 0.2) is 91.0 Å². The van der Waals surface area contributed by atoms with Crippen molar-refractivity contribution < 1.29 is 14.3 Å². The molecule has 0 spiro atoms. The van der Waals surface area contributed by atoms with Crippen molar-refractivity contribution in [3.63, 3.8) is 0 Å². The highest BCUT2D eigenvalue weighted by Crippen LogP contribution is 2.24. The number of alkyl carbamates (subject to hydrolysis) is 1. The van der Waals surface area contributed by atoms with Crippen molar-refractivity contribution in [3.05, 3.63) is 102 Å². The van der Waals surface area contributed by atoms with Crippen LogP contribution in [0.5, 0.6) is 0 Å². The van der Waals surface area contributed by atoms with E-state index in [0.717, 1.165) is 16.8 Å². The molecule has 0 saturated carbocycles. The molecule has 5 nitrogen and oxygen atoms in total. The van der Waals surface area contributed by atoms with Crippen LogP contribution in [0.1, 0.15) is 30.5 Å². The van der Waals surface area contributed by atoms with Gasteiger partial charge in [-0.1, -0.05) is 78.9 Å². The van der Waals surface area contributed by atoms with E-state index in [1.807, 2.05) is 85.8 Å². The lowest BCUT2D eigenvalue weighted by molar-refractivity contribution is 0.0242. The standard InChI is InChI=1S/C25H28N2O3/c1-2-29-24(27-25(28)30-19-20-12-6-3-7-13-20)18-23(21-14-8-4-9-15-21)26-22-16-10-5-11-17-22/h3-17,23-24,26H,2,18-19H2,1H3,(H,27,28)/t23-,24?/m0/s1. The summed E-state index contributed by atoms with van der Waals surface area (Å²) < 4.78 is 11.2. The molecule has 0 radical (unpaired) electrons. The Hall–Kier alpha value is -3.31. The molecule has 0 aliphatic heterocycles. The van der Waals surface area contributed by atoms with Crippen LogP contribution in [0.4, 0.5) is 10.5 Å². The summed E-state index contributed by atoms with van der Waals surface area (Å²) in [5.41, 5.74) is 3.06. The molecule has 0 aliphatic rings. The van der Waals surface area contributed by atoms with E-state index in [0.29, 0.717) is 13.0 Å². The van der Waals surface area contributed by atoms with Gasteiger partial charge < -0.3 is 14.8 Å². The maximum atomic E-state index is 12.3. The highest BCUT2D eigenvalue weighted by atomic mass is 16.6.